The highest BCUT2D eigenvalue weighted by atomic mass is 32.2. The molecule has 1 aliphatic rings. The van der Waals surface area contributed by atoms with Crippen molar-refractivity contribution < 1.29 is 0 Å². The topological polar surface area (TPSA) is 37.8 Å². The van der Waals surface area contributed by atoms with Gasteiger partial charge in [0.2, 0.25) is 0 Å². The number of hydrogen-bond acceptors (Lipinski definition) is 4. The number of thioether (sulfide) groups is 1. The molecule has 0 atom stereocenters. The normalized spacial score (nSPS) is 16.2. The number of aromatic nitrogens is 2. The first-order valence-corrected chi connectivity index (χ1v) is 7.98. The molecule has 0 saturated carbocycles. The van der Waals surface area contributed by atoms with Gasteiger partial charge in [0.15, 0.2) is 0 Å². The van der Waals surface area contributed by atoms with Gasteiger partial charge in [-0.15, -0.1) is 11.8 Å². The first-order chi connectivity index (χ1) is 9.81. The lowest BCUT2D eigenvalue weighted by Gasteiger charge is -2.21. The number of hydrogen-bond donors (Lipinski definition) is 1. The summed E-state index contributed by atoms with van der Waals surface area (Å²) >= 11 is 1.90. The van der Waals surface area contributed by atoms with Gasteiger partial charge in [0.1, 0.15) is 10.9 Å². The van der Waals surface area contributed by atoms with E-state index in [2.05, 4.69) is 33.5 Å². The van der Waals surface area contributed by atoms with E-state index in [0.29, 0.717) is 5.25 Å². The van der Waals surface area contributed by atoms with Crippen LogP contribution in [0.3, 0.4) is 0 Å². The summed E-state index contributed by atoms with van der Waals surface area (Å²) < 4.78 is 0. The molecule has 104 valence electrons. The van der Waals surface area contributed by atoms with Crippen LogP contribution in [0.1, 0.15) is 18.7 Å². The molecule has 0 radical (unpaired) electrons. The average molecular weight is 285 g/mol. The van der Waals surface area contributed by atoms with Crippen LogP contribution < -0.4 is 5.32 Å². The van der Waals surface area contributed by atoms with Gasteiger partial charge in [-0.1, -0.05) is 30.3 Å². The van der Waals surface area contributed by atoms with Crippen LogP contribution in [0, 0.1) is 6.92 Å². The molecule has 0 spiro atoms. The van der Waals surface area contributed by atoms with E-state index >= 15 is 0 Å². The smallest absolute Gasteiger partial charge is 0.127 e. The van der Waals surface area contributed by atoms with E-state index in [-0.39, 0.29) is 0 Å². The average Bonchev–Trinajstić information content (AvgIpc) is 2.49. The van der Waals surface area contributed by atoms with Crippen LogP contribution in [0.15, 0.2) is 41.4 Å². The summed E-state index contributed by atoms with van der Waals surface area (Å²) in [5, 5.41) is 5.18. The predicted octanol–water partition coefficient (Wildman–Crippen LogP) is 3.30. The van der Waals surface area contributed by atoms with Crippen molar-refractivity contribution in [3.63, 3.8) is 0 Å². The molecule has 0 aliphatic carbocycles. The second kappa shape index (κ2) is 6.37. The number of rotatable bonds is 3. The van der Waals surface area contributed by atoms with Gasteiger partial charge in [-0.3, -0.25) is 0 Å². The van der Waals surface area contributed by atoms with Crippen LogP contribution in [0.4, 0.5) is 0 Å². The summed E-state index contributed by atoms with van der Waals surface area (Å²) in [6.45, 7) is 4.21. The molecule has 3 nitrogen and oxygen atoms in total. The maximum Gasteiger partial charge on any atom is 0.127 e. The summed E-state index contributed by atoms with van der Waals surface area (Å²) in [5.41, 5.74) is 2.18. The number of nitrogens with one attached hydrogen (secondary N) is 1. The first kappa shape index (κ1) is 13.6. The van der Waals surface area contributed by atoms with E-state index in [1.165, 1.54) is 12.8 Å². The Bertz CT molecular complexity index is 565. The Labute approximate surface area is 124 Å². The molecule has 20 heavy (non-hydrogen) atoms. The molecule has 2 heterocycles. The van der Waals surface area contributed by atoms with Gasteiger partial charge in [-0.05, 0) is 38.9 Å². The van der Waals surface area contributed by atoms with Crippen LogP contribution in [0.2, 0.25) is 0 Å². The van der Waals surface area contributed by atoms with Crippen molar-refractivity contribution in [2.75, 3.05) is 13.1 Å². The second-order valence-electron chi connectivity index (χ2n) is 5.07. The van der Waals surface area contributed by atoms with Crippen molar-refractivity contribution >= 4 is 11.8 Å². The minimum Gasteiger partial charge on any atom is -0.317 e. The number of piperidine rings is 1. The zero-order valence-corrected chi connectivity index (χ0v) is 12.5. The molecule has 4 heteroatoms. The Hall–Kier alpha value is -1.39. The van der Waals surface area contributed by atoms with Crippen molar-refractivity contribution in [3.8, 4) is 11.3 Å². The standard InChI is InChI=1S/C16H19N3S/c1-12-18-15(13-5-3-2-4-6-13)11-16(19-12)20-14-7-9-17-10-8-14/h2-6,11,14,17H,7-10H2,1H3. The first-order valence-electron chi connectivity index (χ1n) is 7.10. The van der Waals surface area contributed by atoms with Gasteiger partial charge in [0, 0.05) is 10.8 Å². The van der Waals surface area contributed by atoms with E-state index in [1.807, 2.05) is 36.9 Å². The Morgan fingerprint density at radius 2 is 1.85 bits per heavy atom. The van der Waals surface area contributed by atoms with Crippen molar-refractivity contribution in [1.29, 1.82) is 0 Å². The predicted molar refractivity (Wildman–Crippen MR) is 84.0 cm³/mol. The SMILES string of the molecule is Cc1nc(SC2CCNCC2)cc(-c2ccccc2)n1. The molecule has 2 aromatic rings. The molecular weight excluding hydrogens is 266 g/mol. The third kappa shape index (κ3) is 3.38. The zero-order chi connectivity index (χ0) is 13.8. The van der Waals surface area contributed by atoms with E-state index in [0.717, 1.165) is 35.2 Å². The van der Waals surface area contributed by atoms with Gasteiger partial charge in [0.25, 0.3) is 0 Å². The number of nitrogens with zero attached hydrogens (tertiary/aromatic N) is 2. The summed E-state index contributed by atoms with van der Waals surface area (Å²) in [7, 11) is 0. The molecular formula is C16H19N3S. The van der Waals surface area contributed by atoms with Gasteiger partial charge < -0.3 is 5.32 Å². The fourth-order valence-corrected chi connectivity index (χ4v) is 3.62. The van der Waals surface area contributed by atoms with Crippen molar-refractivity contribution in [3.05, 3.63) is 42.2 Å². The molecule has 1 saturated heterocycles. The lowest BCUT2D eigenvalue weighted by molar-refractivity contribution is 0.531. The third-order valence-electron chi connectivity index (χ3n) is 3.46. The van der Waals surface area contributed by atoms with E-state index in [9.17, 15) is 0 Å². The zero-order valence-electron chi connectivity index (χ0n) is 11.7. The molecule has 3 rings (SSSR count). The fourth-order valence-electron chi connectivity index (χ4n) is 2.44. The van der Waals surface area contributed by atoms with Crippen molar-refractivity contribution in [2.45, 2.75) is 30.0 Å². The van der Waals surface area contributed by atoms with Crippen LogP contribution in [-0.2, 0) is 0 Å². The highest BCUT2D eigenvalue weighted by molar-refractivity contribution is 7.99. The van der Waals surface area contributed by atoms with Gasteiger partial charge in [0.05, 0.1) is 5.69 Å². The minimum absolute atomic E-state index is 0.675. The van der Waals surface area contributed by atoms with E-state index in [1.54, 1.807) is 0 Å². The molecule has 0 amide bonds. The Balaban J connectivity index is 1.83. The third-order valence-corrected chi connectivity index (χ3v) is 4.71. The maximum atomic E-state index is 4.58. The highest BCUT2D eigenvalue weighted by Crippen LogP contribution is 2.29. The minimum atomic E-state index is 0.675. The Kier molecular flexibility index (Phi) is 4.33. The number of aryl methyl sites for hydroxylation is 1. The summed E-state index contributed by atoms with van der Waals surface area (Å²) in [5.74, 6) is 0.850. The molecule has 1 aromatic carbocycles. The number of benzene rings is 1. The highest BCUT2D eigenvalue weighted by Gasteiger charge is 2.15. The summed E-state index contributed by atoms with van der Waals surface area (Å²) in [6, 6.07) is 12.4. The monoisotopic (exact) mass is 285 g/mol. The maximum absolute atomic E-state index is 4.58. The van der Waals surface area contributed by atoms with E-state index in [4.69, 9.17) is 0 Å². The fraction of sp³-hybridized carbons (Fsp3) is 0.375. The van der Waals surface area contributed by atoms with Crippen molar-refractivity contribution in [1.82, 2.24) is 15.3 Å². The van der Waals surface area contributed by atoms with Crippen LogP contribution in [-0.4, -0.2) is 28.3 Å². The quantitative estimate of drug-likeness (QED) is 0.878. The summed E-state index contributed by atoms with van der Waals surface area (Å²) in [4.78, 5) is 9.15. The molecule has 1 aliphatic heterocycles. The van der Waals surface area contributed by atoms with E-state index < -0.39 is 0 Å². The molecule has 0 bridgehead atoms. The lowest BCUT2D eigenvalue weighted by atomic mass is 10.1. The van der Waals surface area contributed by atoms with Gasteiger partial charge >= 0.3 is 0 Å². The largest absolute Gasteiger partial charge is 0.317 e. The Morgan fingerprint density at radius 3 is 2.60 bits per heavy atom. The van der Waals surface area contributed by atoms with Crippen LogP contribution in [0.25, 0.3) is 11.3 Å². The van der Waals surface area contributed by atoms with Gasteiger partial charge in [-0.2, -0.15) is 0 Å². The van der Waals surface area contributed by atoms with Crippen molar-refractivity contribution in [2.24, 2.45) is 0 Å². The van der Waals surface area contributed by atoms with Gasteiger partial charge in [-0.25, -0.2) is 9.97 Å². The van der Waals surface area contributed by atoms with Crippen LogP contribution in [0.5, 0.6) is 0 Å². The molecule has 1 aromatic heterocycles. The molecule has 1 N–H and O–H groups in total. The molecule has 0 unspecified atom stereocenters. The summed E-state index contributed by atoms with van der Waals surface area (Å²) in [6.07, 6.45) is 2.43. The second-order valence-corrected chi connectivity index (χ2v) is 6.39. The Morgan fingerprint density at radius 1 is 1.10 bits per heavy atom. The lowest BCUT2D eigenvalue weighted by Crippen LogP contribution is -2.29. The van der Waals surface area contributed by atoms with Crippen LogP contribution >= 0.6 is 11.8 Å². The molecule has 1 fully saturated rings.